The number of carbonyl (C=O) groups is 2. The van der Waals surface area contributed by atoms with E-state index in [0.717, 1.165) is 13.1 Å². The van der Waals surface area contributed by atoms with E-state index in [4.69, 9.17) is 0 Å². The standard InChI is InChI=1S/C22H23FN2O2/c1-16-14-22(10-11-24(16)15-17-6-3-2-4-7-17)20(26)13-21(27)25(22)19-9-5-8-18(23)12-19/h2-9,12,16H,10-11,13-15H2,1H3/t16-,22+/m0/s1. The minimum Gasteiger partial charge on any atom is -0.299 e. The van der Waals surface area contributed by atoms with Gasteiger partial charge < -0.3 is 0 Å². The summed E-state index contributed by atoms with van der Waals surface area (Å²) < 4.78 is 13.8. The number of carbonyl (C=O) groups excluding carboxylic acids is 2. The zero-order valence-corrected chi connectivity index (χ0v) is 15.4. The van der Waals surface area contributed by atoms with Gasteiger partial charge in [-0.25, -0.2) is 4.39 Å². The Bertz CT molecular complexity index is 870. The van der Waals surface area contributed by atoms with Crippen LogP contribution in [0.4, 0.5) is 10.1 Å². The summed E-state index contributed by atoms with van der Waals surface area (Å²) in [5.74, 6) is -0.665. The van der Waals surface area contributed by atoms with Crippen molar-refractivity contribution in [2.75, 3.05) is 11.4 Å². The quantitative estimate of drug-likeness (QED) is 0.780. The van der Waals surface area contributed by atoms with Gasteiger partial charge in [0.2, 0.25) is 5.91 Å². The number of Topliss-reactive ketones (excluding diaryl/α,β-unsaturated/α-hetero) is 1. The van der Waals surface area contributed by atoms with Crippen molar-refractivity contribution < 1.29 is 14.0 Å². The van der Waals surface area contributed by atoms with Gasteiger partial charge in [0.15, 0.2) is 5.78 Å². The van der Waals surface area contributed by atoms with Gasteiger partial charge in [-0.1, -0.05) is 36.4 Å². The fraction of sp³-hybridized carbons (Fsp3) is 0.364. The lowest BCUT2D eigenvalue weighted by Crippen LogP contribution is -2.59. The third-order valence-corrected chi connectivity index (χ3v) is 5.87. The lowest BCUT2D eigenvalue weighted by atomic mass is 9.80. The lowest BCUT2D eigenvalue weighted by molar-refractivity contribution is -0.124. The Morgan fingerprint density at radius 1 is 1.11 bits per heavy atom. The Hall–Kier alpha value is -2.53. The highest BCUT2D eigenvalue weighted by atomic mass is 19.1. The van der Waals surface area contributed by atoms with Crippen LogP contribution in [0.5, 0.6) is 0 Å². The molecule has 140 valence electrons. The number of halogens is 1. The van der Waals surface area contributed by atoms with Crippen LogP contribution in [0.3, 0.4) is 0 Å². The summed E-state index contributed by atoms with van der Waals surface area (Å²) in [5.41, 5.74) is 0.864. The Morgan fingerprint density at radius 2 is 1.89 bits per heavy atom. The van der Waals surface area contributed by atoms with E-state index in [1.54, 1.807) is 17.0 Å². The van der Waals surface area contributed by atoms with E-state index in [1.807, 2.05) is 18.2 Å². The number of amides is 1. The second-order valence-corrected chi connectivity index (χ2v) is 7.60. The molecule has 0 radical (unpaired) electrons. The zero-order valence-electron chi connectivity index (χ0n) is 15.4. The topological polar surface area (TPSA) is 40.6 Å². The smallest absolute Gasteiger partial charge is 0.235 e. The number of benzene rings is 2. The number of ketones is 1. The predicted molar refractivity (Wildman–Crippen MR) is 102 cm³/mol. The summed E-state index contributed by atoms with van der Waals surface area (Å²) >= 11 is 0. The van der Waals surface area contributed by atoms with Gasteiger partial charge in [-0.05, 0) is 43.5 Å². The molecule has 4 rings (SSSR count). The first-order valence-electron chi connectivity index (χ1n) is 9.39. The number of hydrogen-bond donors (Lipinski definition) is 0. The number of rotatable bonds is 3. The molecule has 2 aromatic carbocycles. The van der Waals surface area contributed by atoms with Crippen molar-refractivity contribution >= 4 is 17.4 Å². The molecule has 1 spiro atoms. The minimum atomic E-state index is -0.850. The van der Waals surface area contributed by atoms with Crippen molar-refractivity contribution in [1.82, 2.24) is 4.90 Å². The molecule has 1 amide bonds. The molecule has 4 nitrogen and oxygen atoms in total. The van der Waals surface area contributed by atoms with Gasteiger partial charge in [-0.3, -0.25) is 19.4 Å². The van der Waals surface area contributed by atoms with Gasteiger partial charge in [0.1, 0.15) is 11.4 Å². The van der Waals surface area contributed by atoms with Crippen molar-refractivity contribution in [3.05, 3.63) is 66.0 Å². The number of anilines is 1. The van der Waals surface area contributed by atoms with Crippen LogP contribution in [0.25, 0.3) is 0 Å². The van der Waals surface area contributed by atoms with E-state index in [1.165, 1.54) is 17.7 Å². The Morgan fingerprint density at radius 3 is 2.59 bits per heavy atom. The van der Waals surface area contributed by atoms with Crippen LogP contribution in [0, 0.1) is 5.82 Å². The van der Waals surface area contributed by atoms with E-state index >= 15 is 0 Å². The third kappa shape index (κ3) is 3.16. The van der Waals surface area contributed by atoms with Crippen molar-refractivity contribution in [2.45, 2.75) is 44.3 Å². The molecule has 2 aliphatic heterocycles. The van der Waals surface area contributed by atoms with Crippen LogP contribution in [0.2, 0.25) is 0 Å². The van der Waals surface area contributed by atoms with Gasteiger partial charge in [0.25, 0.3) is 0 Å². The molecule has 0 bridgehead atoms. The average molecular weight is 366 g/mol. The fourth-order valence-corrected chi connectivity index (χ4v) is 4.53. The molecule has 2 fully saturated rings. The van der Waals surface area contributed by atoms with Gasteiger partial charge >= 0.3 is 0 Å². The monoisotopic (exact) mass is 366 g/mol. The Balaban J connectivity index is 1.60. The minimum absolute atomic E-state index is 0.0389. The molecule has 27 heavy (non-hydrogen) atoms. The van der Waals surface area contributed by atoms with Crippen LogP contribution in [-0.4, -0.2) is 34.7 Å². The molecule has 2 heterocycles. The molecule has 0 N–H and O–H groups in total. The van der Waals surface area contributed by atoms with Crippen molar-refractivity contribution in [3.63, 3.8) is 0 Å². The molecule has 5 heteroatoms. The predicted octanol–water partition coefficient (Wildman–Crippen LogP) is 3.55. The summed E-state index contributed by atoms with van der Waals surface area (Å²) in [6, 6.07) is 16.4. The SMILES string of the molecule is C[C@H]1C[C@]2(CCN1Cc1ccccc1)C(=O)CC(=O)N2c1cccc(F)c1. The number of nitrogens with zero attached hydrogens (tertiary/aromatic N) is 2. The van der Waals surface area contributed by atoms with Crippen molar-refractivity contribution in [2.24, 2.45) is 0 Å². The molecule has 0 aliphatic carbocycles. The van der Waals surface area contributed by atoms with Gasteiger partial charge in [-0.15, -0.1) is 0 Å². The molecule has 0 saturated carbocycles. The molecule has 2 aromatic rings. The van der Waals surface area contributed by atoms with Gasteiger partial charge in [-0.2, -0.15) is 0 Å². The largest absolute Gasteiger partial charge is 0.299 e. The normalized spacial score (nSPS) is 26.1. The third-order valence-electron chi connectivity index (χ3n) is 5.87. The molecule has 2 atom stereocenters. The van der Waals surface area contributed by atoms with Crippen molar-refractivity contribution in [3.8, 4) is 0 Å². The molecular weight excluding hydrogens is 343 g/mol. The van der Waals surface area contributed by atoms with Crippen molar-refractivity contribution in [1.29, 1.82) is 0 Å². The molecular formula is C22H23FN2O2. The molecule has 0 aromatic heterocycles. The van der Waals surface area contributed by atoms with E-state index in [0.29, 0.717) is 18.5 Å². The maximum atomic E-state index is 13.8. The Kier molecular flexibility index (Phi) is 4.56. The number of piperidine rings is 1. The summed E-state index contributed by atoms with van der Waals surface area (Å²) in [5, 5.41) is 0. The second-order valence-electron chi connectivity index (χ2n) is 7.60. The van der Waals surface area contributed by atoms with Crippen LogP contribution < -0.4 is 4.90 Å². The highest BCUT2D eigenvalue weighted by Crippen LogP contribution is 2.42. The molecule has 2 aliphatic rings. The van der Waals surface area contributed by atoms with E-state index in [-0.39, 0.29) is 24.2 Å². The van der Waals surface area contributed by atoms with Crippen LogP contribution in [0.15, 0.2) is 54.6 Å². The molecule has 2 saturated heterocycles. The maximum absolute atomic E-state index is 13.8. The highest BCUT2D eigenvalue weighted by Gasteiger charge is 2.55. The highest BCUT2D eigenvalue weighted by molar-refractivity contribution is 6.19. The first-order valence-corrected chi connectivity index (χ1v) is 9.39. The summed E-state index contributed by atoms with van der Waals surface area (Å²) in [6.07, 6.45) is 1.05. The first kappa shape index (κ1) is 17.9. The van der Waals surface area contributed by atoms with Crippen LogP contribution in [-0.2, 0) is 16.1 Å². The number of likely N-dealkylation sites (tertiary alicyclic amines) is 1. The van der Waals surface area contributed by atoms with Crippen LogP contribution >= 0.6 is 0 Å². The number of hydrogen-bond acceptors (Lipinski definition) is 3. The van der Waals surface area contributed by atoms with Gasteiger partial charge in [0.05, 0.1) is 6.42 Å². The average Bonchev–Trinajstić information content (AvgIpc) is 2.88. The fourth-order valence-electron chi connectivity index (χ4n) is 4.53. The molecule has 0 unspecified atom stereocenters. The maximum Gasteiger partial charge on any atom is 0.235 e. The van der Waals surface area contributed by atoms with E-state index in [2.05, 4.69) is 24.0 Å². The summed E-state index contributed by atoms with van der Waals surface area (Å²) in [6.45, 7) is 3.64. The van der Waals surface area contributed by atoms with E-state index < -0.39 is 11.4 Å². The van der Waals surface area contributed by atoms with Crippen LogP contribution in [0.1, 0.15) is 31.7 Å². The second kappa shape index (κ2) is 6.89. The zero-order chi connectivity index (χ0) is 19.0. The lowest BCUT2D eigenvalue weighted by Gasteiger charge is -2.47. The summed E-state index contributed by atoms with van der Waals surface area (Å²) in [4.78, 5) is 29.4. The van der Waals surface area contributed by atoms with E-state index in [9.17, 15) is 14.0 Å². The first-order chi connectivity index (χ1) is 13.0. The summed E-state index contributed by atoms with van der Waals surface area (Å²) in [7, 11) is 0. The van der Waals surface area contributed by atoms with Gasteiger partial charge in [0, 0.05) is 24.8 Å². The Labute approximate surface area is 158 Å².